The van der Waals surface area contributed by atoms with Gasteiger partial charge in [0.15, 0.2) is 5.78 Å². The number of morpholine rings is 1. The Morgan fingerprint density at radius 2 is 1.63 bits per heavy atom. The normalized spacial score (nSPS) is 26.0. The van der Waals surface area contributed by atoms with Gasteiger partial charge in [0, 0.05) is 25.6 Å². The second-order valence-electron chi connectivity index (χ2n) is 12.3. The molecule has 3 aliphatic rings. The van der Waals surface area contributed by atoms with Crippen molar-refractivity contribution in [3.05, 3.63) is 29.8 Å². The van der Waals surface area contributed by atoms with Crippen molar-refractivity contribution in [1.29, 1.82) is 0 Å². The monoisotopic (exact) mass is 601 g/mol. The maximum absolute atomic E-state index is 13.8. The number of rotatable bonds is 14. The van der Waals surface area contributed by atoms with Crippen LogP contribution in [0.1, 0.15) is 51.5 Å². The molecule has 4 atom stereocenters. The highest BCUT2D eigenvalue weighted by atomic mass is 16.6. The molecule has 0 radical (unpaired) electrons. The summed E-state index contributed by atoms with van der Waals surface area (Å²) < 4.78 is 16.0. The van der Waals surface area contributed by atoms with Gasteiger partial charge in [-0.25, -0.2) is 0 Å². The van der Waals surface area contributed by atoms with Gasteiger partial charge < -0.3 is 35.9 Å². The van der Waals surface area contributed by atoms with E-state index in [1.807, 2.05) is 17.0 Å². The number of benzene rings is 1. The lowest BCUT2D eigenvalue weighted by atomic mass is 9.81. The summed E-state index contributed by atoms with van der Waals surface area (Å²) in [5.41, 5.74) is 5.98. The Morgan fingerprint density at radius 1 is 1.00 bits per heavy atom. The zero-order valence-electron chi connectivity index (χ0n) is 25.6. The molecule has 238 valence electrons. The molecule has 0 aromatic heterocycles. The van der Waals surface area contributed by atoms with Gasteiger partial charge in [-0.2, -0.15) is 0 Å². The molecule has 5 N–H and O–H groups in total. The molecule has 0 spiro atoms. The lowest BCUT2D eigenvalue weighted by molar-refractivity contribution is -0.134. The summed E-state index contributed by atoms with van der Waals surface area (Å²) >= 11 is 0. The Kier molecular flexibility index (Phi) is 11.5. The largest absolute Gasteiger partial charge is 0.497 e. The first-order chi connectivity index (χ1) is 20.6. The Labute approximate surface area is 253 Å². The lowest BCUT2D eigenvalue weighted by Gasteiger charge is -2.31. The molecular weight excluding hydrogens is 554 g/mol. The number of Topliss-reactive ketones (excluding diaryl/α,β-unsaturated/α-hetero) is 1. The van der Waals surface area contributed by atoms with Crippen LogP contribution in [0.15, 0.2) is 24.3 Å². The number of epoxide rings is 1. The van der Waals surface area contributed by atoms with E-state index >= 15 is 0 Å². The van der Waals surface area contributed by atoms with Gasteiger partial charge in [0.05, 0.1) is 39.5 Å². The zero-order chi connectivity index (χ0) is 31.0. The third-order valence-corrected chi connectivity index (χ3v) is 8.67. The number of methoxy groups -OCH3 is 1. The molecule has 1 aromatic rings. The maximum atomic E-state index is 13.8. The van der Waals surface area contributed by atoms with E-state index in [4.69, 9.17) is 19.9 Å². The molecule has 3 fully saturated rings. The molecular formula is C31H47N5O7. The van der Waals surface area contributed by atoms with Crippen molar-refractivity contribution in [2.24, 2.45) is 11.7 Å². The topological polar surface area (TPSA) is 165 Å². The minimum atomic E-state index is -0.984. The van der Waals surface area contributed by atoms with Crippen LogP contribution in [-0.2, 0) is 35.1 Å². The second-order valence-corrected chi connectivity index (χ2v) is 12.3. The summed E-state index contributed by atoms with van der Waals surface area (Å²) in [4.78, 5) is 55.1. The predicted octanol–water partition coefficient (Wildman–Crippen LogP) is 0.310. The average molecular weight is 602 g/mol. The minimum absolute atomic E-state index is 0.158. The third-order valence-electron chi connectivity index (χ3n) is 8.67. The number of nitrogens with two attached hydrogens (primary N) is 1. The number of hydrogen-bond donors (Lipinski definition) is 4. The summed E-state index contributed by atoms with van der Waals surface area (Å²) in [5, 5.41) is 8.51. The maximum Gasteiger partial charge on any atom is 0.243 e. The molecule has 12 nitrogen and oxygen atoms in total. The first-order valence-corrected chi connectivity index (χ1v) is 15.3. The fourth-order valence-electron chi connectivity index (χ4n) is 5.70. The molecule has 1 saturated carbocycles. The lowest BCUT2D eigenvalue weighted by Crippen LogP contribution is -2.57. The molecule has 1 aromatic carbocycles. The van der Waals surface area contributed by atoms with Crippen LogP contribution in [-0.4, -0.2) is 105 Å². The quantitative estimate of drug-likeness (QED) is 0.220. The van der Waals surface area contributed by atoms with Crippen molar-refractivity contribution in [3.8, 4) is 5.75 Å². The third kappa shape index (κ3) is 9.72. The van der Waals surface area contributed by atoms with Crippen LogP contribution in [0.4, 0.5) is 0 Å². The van der Waals surface area contributed by atoms with E-state index in [1.54, 1.807) is 33.1 Å². The molecule has 43 heavy (non-hydrogen) atoms. The van der Waals surface area contributed by atoms with Crippen LogP contribution in [0.25, 0.3) is 0 Å². The molecule has 1 aliphatic carbocycles. The van der Waals surface area contributed by atoms with Crippen LogP contribution in [0, 0.1) is 5.92 Å². The first kappa shape index (κ1) is 32.8. The first-order valence-electron chi connectivity index (χ1n) is 15.3. The van der Waals surface area contributed by atoms with Crippen molar-refractivity contribution >= 4 is 23.5 Å². The molecule has 2 saturated heterocycles. The number of ketones is 1. The fourth-order valence-corrected chi connectivity index (χ4v) is 5.70. The van der Waals surface area contributed by atoms with E-state index in [0.717, 1.165) is 31.2 Å². The number of ether oxygens (including phenoxy) is 3. The van der Waals surface area contributed by atoms with Crippen LogP contribution >= 0.6 is 0 Å². The van der Waals surface area contributed by atoms with Gasteiger partial charge in [0.2, 0.25) is 17.7 Å². The van der Waals surface area contributed by atoms with Crippen molar-refractivity contribution in [2.45, 2.75) is 82.1 Å². The minimum Gasteiger partial charge on any atom is -0.497 e. The van der Waals surface area contributed by atoms with Gasteiger partial charge in [-0.3, -0.25) is 24.1 Å². The summed E-state index contributed by atoms with van der Waals surface area (Å²) in [5.74, 6) is -0.476. The SMILES string of the molecule is COc1ccc(C[C@H](NC(=O)[C@H](C)NC(=O)CN2CCOCC2)C(=O)N[C@@H](C[C@H]2CC[C@H](N)CC2)C(=O)[C@@]2(C)CO2)cc1. The van der Waals surface area contributed by atoms with Gasteiger partial charge in [-0.1, -0.05) is 12.1 Å². The molecule has 2 heterocycles. The Bertz CT molecular complexity index is 1110. The molecule has 0 bridgehead atoms. The number of carbonyl (C=O) groups is 4. The van der Waals surface area contributed by atoms with Gasteiger partial charge in [-0.05, 0) is 69.6 Å². The highest BCUT2D eigenvalue weighted by Gasteiger charge is 2.50. The van der Waals surface area contributed by atoms with Crippen LogP contribution in [0.3, 0.4) is 0 Å². The highest BCUT2D eigenvalue weighted by Crippen LogP contribution is 2.33. The van der Waals surface area contributed by atoms with Crippen LogP contribution in [0.5, 0.6) is 5.75 Å². The van der Waals surface area contributed by atoms with Crippen molar-refractivity contribution in [2.75, 3.05) is 46.6 Å². The second kappa shape index (κ2) is 15.1. The van der Waals surface area contributed by atoms with E-state index in [9.17, 15) is 19.2 Å². The standard InChI is InChI=1S/C31H47N5O7/c1-20(33-27(37)18-36-12-14-42-15-13-36)29(39)35-26(17-22-6-10-24(41-3)11-7-22)30(40)34-25(28(38)31(2)19-43-31)16-21-4-8-23(32)9-5-21/h6-7,10-11,20-21,23,25-26H,4-5,8-9,12-19,32H2,1-3H3,(H,33,37)(H,34,40)(H,35,39)/t20-,21-,23-,25-,26-,31+/m0/s1. The Balaban J connectivity index is 1.44. The van der Waals surface area contributed by atoms with E-state index in [2.05, 4.69) is 16.0 Å². The van der Waals surface area contributed by atoms with E-state index in [0.29, 0.717) is 45.1 Å². The average Bonchev–Trinajstić information content (AvgIpc) is 3.76. The molecule has 3 amide bonds. The molecule has 0 unspecified atom stereocenters. The smallest absolute Gasteiger partial charge is 0.243 e. The zero-order valence-corrected chi connectivity index (χ0v) is 25.6. The Hall–Kier alpha value is -3.06. The van der Waals surface area contributed by atoms with Crippen molar-refractivity contribution in [3.63, 3.8) is 0 Å². The predicted molar refractivity (Wildman–Crippen MR) is 159 cm³/mol. The van der Waals surface area contributed by atoms with Crippen molar-refractivity contribution in [1.82, 2.24) is 20.9 Å². The van der Waals surface area contributed by atoms with Gasteiger partial charge in [0.25, 0.3) is 0 Å². The molecule has 4 rings (SSSR count). The number of nitrogens with one attached hydrogen (secondary N) is 3. The van der Waals surface area contributed by atoms with Gasteiger partial charge >= 0.3 is 0 Å². The summed E-state index contributed by atoms with van der Waals surface area (Å²) in [6, 6.07) is 4.78. The van der Waals surface area contributed by atoms with Crippen molar-refractivity contribution < 1.29 is 33.4 Å². The van der Waals surface area contributed by atoms with Gasteiger partial charge in [0.1, 0.15) is 23.4 Å². The van der Waals surface area contributed by atoms with E-state index in [-0.39, 0.29) is 36.6 Å². The summed E-state index contributed by atoms with van der Waals surface area (Å²) in [6.45, 7) is 6.23. The van der Waals surface area contributed by atoms with Crippen LogP contribution < -0.4 is 26.4 Å². The number of carbonyl (C=O) groups excluding carboxylic acids is 4. The van der Waals surface area contributed by atoms with Gasteiger partial charge in [-0.15, -0.1) is 0 Å². The summed E-state index contributed by atoms with van der Waals surface area (Å²) in [7, 11) is 1.57. The fraction of sp³-hybridized carbons (Fsp3) is 0.677. The Morgan fingerprint density at radius 3 is 2.23 bits per heavy atom. The highest BCUT2D eigenvalue weighted by molar-refractivity contribution is 5.98. The van der Waals surface area contributed by atoms with E-state index < -0.39 is 35.5 Å². The molecule has 2 aliphatic heterocycles. The number of nitrogens with zero attached hydrogens (tertiary/aromatic N) is 1. The summed E-state index contributed by atoms with van der Waals surface area (Å²) in [6.07, 6.45) is 4.24. The van der Waals surface area contributed by atoms with E-state index in [1.165, 1.54) is 0 Å². The molecule has 12 heteroatoms. The number of hydrogen-bond acceptors (Lipinski definition) is 9. The van der Waals surface area contributed by atoms with Crippen LogP contribution in [0.2, 0.25) is 0 Å². The number of amides is 3.